The average molecular weight is 526 g/mol. The monoisotopic (exact) mass is 525 g/mol. The van der Waals surface area contributed by atoms with Crippen molar-refractivity contribution in [2.24, 2.45) is 10.4 Å². The Kier molecular flexibility index (Phi) is 6.99. The first-order valence-corrected chi connectivity index (χ1v) is 14.4. The van der Waals surface area contributed by atoms with E-state index in [1.807, 2.05) is 39.8 Å². The van der Waals surface area contributed by atoms with Crippen LogP contribution in [0.2, 0.25) is 0 Å². The summed E-state index contributed by atoms with van der Waals surface area (Å²) >= 11 is 0. The maximum atomic E-state index is 13.2. The lowest BCUT2D eigenvalue weighted by Crippen LogP contribution is -2.51. The van der Waals surface area contributed by atoms with Crippen LogP contribution in [0.1, 0.15) is 107 Å². The molecule has 0 radical (unpaired) electrons. The molecule has 0 bridgehead atoms. The molecule has 1 amide bonds. The zero-order valence-corrected chi connectivity index (χ0v) is 23.6. The number of aliphatic imine (C=N–C) groups is 1. The second-order valence-corrected chi connectivity index (χ2v) is 15.7. The van der Waals surface area contributed by atoms with Crippen LogP contribution in [-0.4, -0.2) is 45.5 Å². The highest BCUT2D eigenvalue weighted by Crippen LogP contribution is 2.48. The fourth-order valence-corrected chi connectivity index (χ4v) is 7.97. The predicted molar refractivity (Wildman–Crippen MR) is 149 cm³/mol. The number of nitrogens with zero attached hydrogens (tertiary/aromatic N) is 3. The minimum absolute atomic E-state index is 0.00306. The van der Waals surface area contributed by atoms with Crippen molar-refractivity contribution >= 4 is 33.7 Å². The Morgan fingerprint density at radius 1 is 1.16 bits per heavy atom. The smallest absolute Gasteiger partial charge is 0.291 e. The predicted octanol–water partition coefficient (Wildman–Crippen LogP) is 5.70. The molecule has 2 aliphatic rings. The zero-order valence-electron chi connectivity index (χ0n) is 22.8. The van der Waals surface area contributed by atoms with E-state index < -0.39 is 19.3 Å². The van der Waals surface area contributed by atoms with Gasteiger partial charge < -0.3 is 10.3 Å². The van der Waals surface area contributed by atoms with Crippen molar-refractivity contribution in [1.29, 1.82) is 0 Å². The van der Waals surface area contributed by atoms with E-state index in [0.717, 1.165) is 36.2 Å². The molecule has 4 rings (SSSR count). The number of hydrogen-bond donors (Lipinski definition) is 2. The molecule has 1 aliphatic heterocycles. The average Bonchev–Trinajstić information content (AvgIpc) is 3.27. The number of H-pyrrole nitrogens is 1. The van der Waals surface area contributed by atoms with Gasteiger partial charge in [-0.15, -0.1) is 0 Å². The second-order valence-electron chi connectivity index (χ2n) is 12.5. The molecule has 1 aliphatic carbocycles. The minimum atomic E-state index is -3.30. The molecule has 8 nitrogen and oxygen atoms in total. The maximum absolute atomic E-state index is 13.2. The summed E-state index contributed by atoms with van der Waals surface area (Å²) in [6.45, 7) is 15.6. The summed E-state index contributed by atoms with van der Waals surface area (Å²) in [7, 11) is -3.30. The number of allylic oxidation sites excluding steroid dienone is 2. The number of nitrogens with one attached hydrogen (secondary N) is 2. The molecule has 2 aromatic heterocycles. The van der Waals surface area contributed by atoms with Crippen LogP contribution in [0.15, 0.2) is 29.4 Å². The Morgan fingerprint density at radius 2 is 1.84 bits per heavy atom. The van der Waals surface area contributed by atoms with Gasteiger partial charge in [-0.25, -0.2) is 13.4 Å². The molecule has 0 saturated carbocycles. The van der Waals surface area contributed by atoms with Crippen LogP contribution < -0.4 is 5.32 Å². The normalized spacial score (nSPS) is 22.2. The number of carbonyl (C=O) groups is 1. The highest BCUT2D eigenvalue weighted by molar-refractivity contribution is 7.94. The number of amides is 1. The van der Waals surface area contributed by atoms with E-state index in [2.05, 4.69) is 46.9 Å². The Bertz CT molecular complexity index is 1330. The van der Waals surface area contributed by atoms with Gasteiger partial charge in [0.1, 0.15) is 0 Å². The van der Waals surface area contributed by atoms with Gasteiger partial charge in [-0.3, -0.25) is 14.8 Å². The van der Waals surface area contributed by atoms with Gasteiger partial charge in [0.05, 0.1) is 39.3 Å². The molecule has 1 saturated heterocycles. The summed E-state index contributed by atoms with van der Waals surface area (Å²) in [4.78, 5) is 29.1. The fraction of sp³-hybridized carbons (Fsp3) is 0.571. The molecular formula is C28H39N5O3S. The molecule has 1 fully saturated rings. The number of anilines is 1. The van der Waals surface area contributed by atoms with Crippen molar-refractivity contribution in [2.45, 2.75) is 95.6 Å². The Balaban J connectivity index is 1.71. The molecular weight excluding hydrogens is 486 g/mol. The van der Waals surface area contributed by atoms with Crippen molar-refractivity contribution in [3.63, 3.8) is 0 Å². The molecule has 0 atom stereocenters. The lowest BCUT2D eigenvalue weighted by Gasteiger charge is -2.44. The molecule has 2 N–H and O–H groups in total. The van der Waals surface area contributed by atoms with Crippen molar-refractivity contribution in [3.8, 4) is 0 Å². The van der Waals surface area contributed by atoms with E-state index in [0.29, 0.717) is 30.8 Å². The van der Waals surface area contributed by atoms with Gasteiger partial charge >= 0.3 is 0 Å². The highest BCUT2D eigenvalue weighted by Gasteiger charge is 2.52. The van der Waals surface area contributed by atoms with E-state index in [1.54, 1.807) is 6.20 Å². The quantitative estimate of drug-likeness (QED) is 0.469. The Hall–Kier alpha value is -2.81. The van der Waals surface area contributed by atoms with Gasteiger partial charge in [-0.2, -0.15) is 0 Å². The van der Waals surface area contributed by atoms with E-state index in [1.165, 1.54) is 0 Å². The standard InChI is InChI=1S/C28H39N5O3S/c1-26(2)12-10-18(11-13-26)23-22(33-25(34)24-30-17-20(31-24)16-29-7)9-8-21(32-23)19-14-27(3,4)37(35,36)28(5,6)15-19/h8-10,17,19H,7,11-16H2,1-6H3,(H,30,31)(H,33,34). The third-order valence-corrected chi connectivity index (χ3v) is 11.2. The van der Waals surface area contributed by atoms with Crippen LogP contribution >= 0.6 is 0 Å². The van der Waals surface area contributed by atoms with E-state index in [-0.39, 0.29) is 23.1 Å². The maximum Gasteiger partial charge on any atom is 0.291 e. The molecule has 0 aromatic carbocycles. The van der Waals surface area contributed by atoms with Crippen LogP contribution in [0.3, 0.4) is 0 Å². The first-order valence-electron chi connectivity index (χ1n) is 12.9. The third kappa shape index (κ3) is 5.28. The summed E-state index contributed by atoms with van der Waals surface area (Å²) < 4.78 is 24.6. The van der Waals surface area contributed by atoms with E-state index in [9.17, 15) is 13.2 Å². The molecule has 3 heterocycles. The summed E-state index contributed by atoms with van der Waals surface area (Å²) in [6.07, 6.45) is 7.64. The van der Waals surface area contributed by atoms with Crippen LogP contribution in [-0.2, 0) is 16.4 Å². The van der Waals surface area contributed by atoms with Gasteiger partial charge in [0.2, 0.25) is 0 Å². The lowest BCUT2D eigenvalue weighted by atomic mass is 9.77. The fourth-order valence-electron chi connectivity index (χ4n) is 5.63. The largest absolute Gasteiger partial charge is 0.336 e. The number of aromatic amines is 1. The van der Waals surface area contributed by atoms with E-state index in [4.69, 9.17) is 4.98 Å². The number of imidazole rings is 1. The van der Waals surface area contributed by atoms with Crippen molar-refractivity contribution in [2.75, 3.05) is 5.32 Å². The second kappa shape index (κ2) is 9.49. The number of pyridine rings is 1. The topological polar surface area (TPSA) is 117 Å². The Morgan fingerprint density at radius 3 is 2.43 bits per heavy atom. The first-order chi connectivity index (χ1) is 17.2. The highest BCUT2D eigenvalue weighted by atomic mass is 32.2. The summed E-state index contributed by atoms with van der Waals surface area (Å²) in [6, 6.07) is 3.82. The molecule has 0 unspecified atom stereocenters. The molecule has 200 valence electrons. The number of aromatic nitrogens is 3. The van der Waals surface area contributed by atoms with Crippen LogP contribution in [0.5, 0.6) is 0 Å². The molecule has 9 heteroatoms. The summed E-state index contributed by atoms with van der Waals surface area (Å²) in [5.74, 6) is -0.154. The molecule has 0 spiro atoms. The number of carbonyl (C=O) groups excluding carboxylic acids is 1. The third-order valence-electron chi connectivity index (χ3n) is 7.92. The first kappa shape index (κ1) is 27.2. The van der Waals surface area contributed by atoms with Crippen LogP contribution in [0, 0.1) is 5.41 Å². The van der Waals surface area contributed by atoms with Crippen LogP contribution in [0.25, 0.3) is 5.57 Å². The van der Waals surface area contributed by atoms with E-state index >= 15 is 0 Å². The van der Waals surface area contributed by atoms with Gasteiger partial charge in [-0.1, -0.05) is 19.9 Å². The van der Waals surface area contributed by atoms with Gasteiger partial charge in [-0.05, 0) is 89.6 Å². The number of sulfone groups is 1. The van der Waals surface area contributed by atoms with Crippen molar-refractivity contribution < 1.29 is 13.2 Å². The molecule has 37 heavy (non-hydrogen) atoms. The summed E-state index contributed by atoms with van der Waals surface area (Å²) in [5.41, 5.74) is 4.29. The van der Waals surface area contributed by atoms with Crippen molar-refractivity contribution in [1.82, 2.24) is 15.0 Å². The van der Waals surface area contributed by atoms with Gasteiger partial charge in [0, 0.05) is 11.6 Å². The minimum Gasteiger partial charge on any atom is -0.336 e. The Labute approximate surface area is 220 Å². The van der Waals surface area contributed by atoms with Crippen LogP contribution in [0.4, 0.5) is 5.69 Å². The van der Waals surface area contributed by atoms with Crippen molar-refractivity contribution in [3.05, 3.63) is 47.3 Å². The number of rotatable bonds is 6. The zero-order chi connectivity index (χ0) is 27.2. The molecule has 2 aromatic rings. The SMILES string of the molecule is C=NCc1cnc(C(=O)Nc2ccc(C3CC(C)(C)S(=O)(=O)C(C)(C)C3)nc2C2=CCC(C)(C)CC2)[nH]1. The lowest BCUT2D eigenvalue weighted by molar-refractivity contribution is 0.101. The van der Waals surface area contributed by atoms with Gasteiger partial charge in [0.25, 0.3) is 5.91 Å². The number of hydrogen-bond acceptors (Lipinski definition) is 6. The summed E-state index contributed by atoms with van der Waals surface area (Å²) in [5, 5.41) is 3.00. The van der Waals surface area contributed by atoms with Gasteiger partial charge in [0.15, 0.2) is 15.7 Å².